The minimum Gasteiger partial charge on any atom is -0.493 e. The molecule has 3 rings (SSSR count). The maximum atomic E-state index is 12.9. The number of carbonyl (C=O) groups excluding carboxylic acids is 2. The van der Waals surface area contributed by atoms with Crippen LogP contribution < -0.4 is 14.8 Å². The molecule has 7 heteroatoms. The van der Waals surface area contributed by atoms with Gasteiger partial charge < -0.3 is 19.9 Å². The van der Waals surface area contributed by atoms with Crippen LogP contribution in [0.25, 0.3) is 0 Å². The number of ketones is 2. The SMILES string of the molecule is COc1ccc([C@@H]2C(C(C)=O)=C(Nc3ccc(Br)cc3)C[C@](C)(O)[C@H]2C(C)=O)cc1OC. The monoisotopic (exact) mass is 501 g/mol. The van der Waals surface area contributed by atoms with Crippen LogP contribution in [0.5, 0.6) is 11.5 Å². The van der Waals surface area contributed by atoms with Crippen LogP contribution in [0.1, 0.15) is 38.7 Å². The van der Waals surface area contributed by atoms with Crippen molar-refractivity contribution >= 4 is 33.2 Å². The van der Waals surface area contributed by atoms with Crippen LogP contribution >= 0.6 is 15.9 Å². The van der Waals surface area contributed by atoms with E-state index in [9.17, 15) is 14.7 Å². The Bertz CT molecular complexity index is 1060. The number of halogens is 1. The smallest absolute Gasteiger partial charge is 0.161 e. The van der Waals surface area contributed by atoms with Crippen LogP contribution in [-0.2, 0) is 9.59 Å². The van der Waals surface area contributed by atoms with Crippen molar-refractivity contribution in [1.29, 1.82) is 0 Å². The lowest BCUT2D eigenvalue weighted by atomic mass is 9.64. The minimum absolute atomic E-state index is 0.145. The predicted molar refractivity (Wildman–Crippen MR) is 127 cm³/mol. The molecule has 0 fully saturated rings. The maximum Gasteiger partial charge on any atom is 0.161 e. The van der Waals surface area contributed by atoms with Gasteiger partial charge in [-0.25, -0.2) is 0 Å². The molecule has 1 aliphatic carbocycles. The van der Waals surface area contributed by atoms with E-state index >= 15 is 0 Å². The van der Waals surface area contributed by atoms with E-state index in [1.165, 1.54) is 21.0 Å². The molecule has 0 saturated heterocycles. The van der Waals surface area contributed by atoms with E-state index in [0.29, 0.717) is 28.3 Å². The molecule has 2 aromatic rings. The van der Waals surface area contributed by atoms with Gasteiger partial charge in [0.2, 0.25) is 0 Å². The Balaban J connectivity index is 2.23. The van der Waals surface area contributed by atoms with Gasteiger partial charge in [-0.1, -0.05) is 22.0 Å². The molecule has 0 amide bonds. The summed E-state index contributed by atoms with van der Waals surface area (Å²) in [4.78, 5) is 25.7. The minimum atomic E-state index is -1.36. The molecule has 0 spiro atoms. The number of aliphatic hydroxyl groups is 1. The van der Waals surface area contributed by atoms with Crippen molar-refractivity contribution in [3.63, 3.8) is 0 Å². The van der Waals surface area contributed by atoms with Crippen molar-refractivity contribution in [3.05, 3.63) is 63.8 Å². The topological polar surface area (TPSA) is 84.9 Å². The molecular weight excluding hydrogens is 474 g/mol. The average molecular weight is 502 g/mol. The first-order chi connectivity index (χ1) is 15.1. The fourth-order valence-electron chi connectivity index (χ4n) is 4.60. The largest absolute Gasteiger partial charge is 0.493 e. The number of methoxy groups -OCH3 is 2. The average Bonchev–Trinajstić information content (AvgIpc) is 2.73. The first-order valence-corrected chi connectivity index (χ1v) is 11.1. The summed E-state index contributed by atoms with van der Waals surface area (Å²) in [6.07, 6.45) is 0.145. The van der Waals surface area contributed by atoms with Gasteiger partial charge >= 0.3 is 0 Å². The molecule has 0 aromatic heterocycles. The summed E-state index contributed by atoms with van der Waals surface area (Å²) < 4.78 is 11.7. The summed E-state index contributed by atoms with van der Waals surface area (Å²) in [7, 11) is 3.08. The van der Waals surface area contributed by atoms with Gasteiger partial charge in [-0.2, -0.15) is 0 Å². The van der Waals surface area contributed by atoms with Gasteiger partial charge in [-0.3, -0.25) is 9.59 Å². The lowest BCUT2D eigenvalue weighted by Crippen LogP contribution is -2.48. The van der Waals surface area contributed by atoms with Crippen molar-refractivity contribution in [2.45, 2.75) is 38.7 Å². The van der Waals surface area contributed by atoms with E-state index in [2.05, 4.69) is 21.2 Å². The fourth-order valence-corrected chi connectivity index (χ4v) is 4.87. The van der Waals surface area contributed by atoms with Crippen molar-refractivity contribution in [3.8, 4) is 11.5 Å². The highest BCUT2D eigenvalue weighted by atomic mass is 79.9. The third kappa shape index (κ3) is 4.74. The van der Waals surface area contributed by atoms with Crippen molar-refractivity contribution in [1.82, 2.24) is 0 Å². The third-order valence-electron chi connectivity index (χ3n) is 5.90. The number of Topliss-reactive ketones (excluding diaryl/α,β-unsaturated/α-hetero) is 2. The number of nitrogens with one attached hydrogen (secondary N) is 1. The highest BCUT2D eigenvalue weighted by molar-refractivity contribution is 9.10. The molecule has 0 radical (unpaired) electrons. The van der Waals surface area contributed by atoms with Gasteiger partial charge in [-0.15, -0.1) is 0 Å². The van der Waals surface area contributed by atoms with E-state index in [4.69, 9.17) is 9.47 Å². The summed E-state index contributed by atoms with van der Waals surface area (Å²) in [6, 6.07) is 12.9. The van der Waals surface area contributed by atoms with Gasteiger partial charge in [0.1, 0.15) is 5.78 Å². The van der Waals surface area contributed by atoms with Gasteiger partial charge in [-0.05, 0) is 62.7 Å². The van der Waals surface area contributed by atoms with Crippen LogP contribution in [0.15, 0.2) is 58.2 Å². The Morgan fingerprint density at radius 3 is 2.22 bits per heavy atom. The Labute approximate surface area is 196 Å². The zero-order valence-corrected chi connectivity index (χ0v) is 20.4. The molecule has 2 N–H and O–H groups in total. The molecule has 1 aliphatic rings. The summed E-state index contributed by atoms with van der Waals surface area (Å²) in [6.45, 7) is 4.59. The Kier molecular flexibility index (Phi) is 7.10. The number of hydrogen-bond acceptors (Lipinski definition) is 6. The first kappa shape index (κ1) is 24.0. The number of allylic oxidation sites excluding steroid dienone is 1. The van der Waals surface area contributed by atoms with Crippen molar-refractivity contribution < 1.29 is 24.2 Å². The molecule has 0 unspecified atom stereocenters. The number of carbonyl (C=O) groups is 2. The second-order valence-corrected chi connectivity index (χ2v) is 9.21. The zero-order chi connectivity index (χ0) is 23.6. The van der Waals surface area contributed by atoms with Gasteiger partial charge in [0.25, 0.3) is 0 Å². The molecule has 2 aromatic carbocycles. The molecular formula is C25H28BrNO5. The van der Waals surface area contributed by atoms with Crippen LogP contribution in [0.4, 0.5) is 5.69 Å². The molecule has 0 aliphatic heterocycles. The van der Waals surface area contributed by atoms with E-state index < -0.39 is 17.4 Å². The van der Waals surface area contributed by atoms with E-state index in [0.717, 1.165) is 10.2 Å². The van der Waals surface area contributed by atoms with E-state index in [-0.39, 0.29) is 18.0 Å². The zero-order valence-electron chi connectivity index (χ0n) is 18.9. The highest BCUT2D eigenvalue weighted by Crippen LogP contribution is 2.49. The first-order valence-electron chi connectivity index (χ1n) is 10.3. The third-order valence-corrected chi connectivity index (χ3v) is 6.43. The molecule has 0 saturated carbocycles. The summed E-state index contributed by atoms with van der Waals surface area (Å²) >= 11 is 3.42. The standard InChI is InChI=1S/C25H28BrNO5/c1-14(28)22-19(27-18-9-7-17(26)8-10-18)13-25(3,30)24(15(2)29)23(22)16-6-11-20(31-4)21(12-16)32-5/h6-12,23-24,27,30H,13H2,1-5H3/t23-,24+,25+/m1/s1. The van der Waals surface area contributed by atoms with E-state index in [1.807, 2.05) is 30.3 Å². The van der Waals surface area contributed by atoms with Crippen molar-refractivity contribution in [2.75, 3.05) is 19.5 Å². The number of hydrogen-bond donors (Lipinski definition) is 2. The van der Waals surface area contributed by atoms with Crippen LogP contribution in [0.3, 0.4) is 0 Å². The van der Waals surface area contributed by atoms with Crippen LogP contribution in [0, 0.1) is 5.92 Å². The molecule has 3 atom stereocenters. The van der Waals surface area contributed by atoms with E-state index in [1.54, 1.807) is 26.2 Å². The summed E-state index contributed by atoms with van der Waals surface area (Å²) in [5.41, 5.74) is 1.20. The molecule has 0 heterocycles. The molecule has 6 nitrogen and oxygen atoms in total. The Morgan fingerprint density at radius 2 is 1.69 bits per heavy atom. The fraction of sp³-hybridized carbons (Fsp3) is 0.360. The Hall–Kier alpha value is -2.64. The summed E-state index contributed by atoms with van der Waals surface area (Å²) in [5.74, 6) is -0.758. The Morgan fingerprint density at radius 1 is 1.06 bits per heavy atom. The van der Waals surface area contributed by atoms with Gasteiger partial charge in [0, 0.05) is 33.8 Å². The van der Waals surface area contributed by atoms with Crippen molar-refractivity contribution in [2.24, 2.45) is 5.92 Å². The normalized spacial score (nSPS) is 23.0. The number of ether oxygens (including phenoxy) is 2. The quantitative estimate of drug-likeness (QED) is 0.563. The van der Waals surface area contributed by atoms with Gasteiger partial charge in [0.05, 0.1) is 25.7 Å². The second kappa shape index (κ2) is 9.46. The number of anilines is 1. The highest BCUT2D eigenvalue weighted by Gasteiger charge is 2.49. The van der Waals surface area contributed by atoms with Gasteiger partial charge in [0.15, 0.2) is 17.3 Å². The molecule has 32 heavy (non-hydrogen) atoms. The summed E-state index contributed by atoms with van der Waals surface area (Å²) in [5, 5.41) is 14.7. The lowest BCUT2D eigenvalue weighted by molar-refractivity contribution is -0.131. The molecule has 0 bridgehead atoms. The number of rotatable bonds is 7. The van der Waals surface area contributed by atoms with Crippen LogP contribution in [-0.4, -0.2) is 36.5 Å². The maximum absolute atomic E-state index is 12.9. The lowest BCUT2D eigenvalue weighted by Gasteiger charge is -2.43. The molecule has 170 valence electrons. The number of benzene rings is 2. The predicted octanol–water partition coefficient (Wildman–Crippen LogP) is 4.87. The second-order valence-electron chi connectivity index (χ2n) is 8.29. The van der Waals surface area contributed by atoms with Crippen LogP contribution in [0.2, 0.25) is 0 Å².